The maximum absolute atomic E-state index is 5.97. The number of halogens is 1. The van der Waals surface area contributed by atoms with E-state index in [-0.39, 0.29) is 0 Å². The predicted molar refractivity (Wildman–Crippen MR) is 87.2 cm³/mol. The second-order valence-corrected chi connectivity index (χ2v) is 6.45. The van der Waals surface area contributed by atoms with Crippen LogP contribution in [0, 0.1) is 5.92 Å². The fourth-order valence-electron chi connectivity index (χ4n) is 2.97. The fourth-order valence-corrected chi connectivity index (χ4v) is 3.09. The van der Waals surface area contributed by atoms with Gasteiger partial charge in [-0.25, -0.2) is 0 Å². The Morgan fingerprint density at radius 3 is 2.60 bits per heavy atom. The minimum absolute atomic E-state index is 0.620. The summed E-state index contributed by atoms with van der Waals surface area (Å²) in [6.07, 6.45) is 2.44. The smallest absolute Gasteiger partial charge is 0.0406 e. The van der Waals surface area contributed by atoms with Gasteiger partial charge in [0.25, 0.3) is 0 Å². The molecule has 3 heteroatoms. The third kappa shape index (κ3) is 3.97. The SMILES string of the molecule is CCC(C)C1CN(Cc2ccc(Cl)cc2)C(CC)CN1. The van der Waals surface area contributed by atoms with Crippen LogP contribution in [0.15, 0.2) is 24.3 Å². The van der Waals surface area contributed by atoms with E-state index in [0.29, 0.717) is 12.1 Å². The number of hydrogen-bond donors (Lipinski definition) is 1. The zero-order valence-corrected chi connectivity index (χ0v) is 13.7. The van der Waals surface area contributed by atoms with E-state index < -0.39 is 0 Å². The van der Waals surface area contributed by atoms with Crippen LogP contribution in [0.2, 0.25) is 5.02 Å². The molecule has 2 nitrogen and oxygen atoms in total. The lowest BCUT2D eigenvalue weighted by Gasteiger charge is -2.42. The summed E-state index contributed by atoms with van der Waals surface area (Å²) in [7, 11) is 0. The van der Waals surface area contributed by atoms with Gasteiger partial charge >= 0.3 is 0 Å². The van der Waals surface area contributed by atoms with Crippen molar-refractivity contribution in [2.24, 2.45) is 5.92 Å². The average molecular weight is 295 g/mol. The molecule has 1 heterocycles. The molecule has 0 saturated carbocycles. The van der Waals surface area contributed by atoms with Crippen molar-refractivity contribution in [1.29, 1.82) is 0 Å². The number of hydrogen-bond acceptors (Lipinski definition) is 2. The molecule has 0 aliphatic carbocycles. The van der Waals surface area contributed by atoms with Gasteiger partial charge in [0.05, 0.1) is 0 Å². The molecule has 0 bridgehead atoms. The summed E-state index contributed by atoms with van der Waals surface area (Å²) in [5, 5.41) is 4.55. The van der Waals surface area contributed by atoms with Crippen LogP contribution in [-0.4, -0.2) is 30.1 Å². The first-order valence-corrected chi connectivity index (χ1v) is 8.23. The quantitative estimate of drug-likeness (QED) is 0.885. The van der Waals surface area contributed by atoms with Gasteiger partial charge in [0, 0.05) is 36.7 Å². The minimum Gasteiger partial charge on any atom is -0.311 e. The number of piperazine rings is 1. The van der Waals surface area contributed by atoms with Crippen molar-refractivity contribution >= 4 is 11.6 Å². The van der Waals surface area contributed by atoms with Crippen molar-refractivity contribution in [3.63, 3.8) is 0 Å². The molecular formula is C17H27ClN2. The summed E-state index contributed by atoms with van der Waals surface area (Å²) in [4.78, 5) is 2.64. The lowest BCUT2D eigenvalue weighted by atomic mass is 9.94. The number of rotatable bonds is 5. The first-order chi connectivity index (χ1) is 9.63. The van der Waals surface area contributed by atoms with Crippen LogP contribution in [0.5, 0.6) is 0 Å². The third-order valence-electron chi connectivity index (χ3n) is 4.66. The highest BCUT2D eigenvalue weighted by Crippen LogP contribution is 2.20. The highest BCUT2D eigenvalue weighted by Gasteiger charge is 2.28. The summed E-state index contributed by atoms with van der Waals surface area (Å²) in [6.45, 7) is 10.2. The van der Waals surface area contributed by atoms with Gasteiger partial charge in [0.2, 0.25) is 0 Å². The second-order valence-electron chi connectivity index (χ2n) is 6.02. The van der Waals surface area contributed by atoms with Gasteiger partial charge in [-0.2, -0.15) is 0 Å². The molecular weight excluding hydrogens is 268 g/mol. The van der Waals surface area contributed by atoms with E-state index in [9.17, 15) is 0 Å². The topological polar surface area (TPSA) is 15.3 Å². The Bertz CT molecular complexity index is 404. The zero-order valence-electron chi connectivity index (χ0n) is 12.9. The molecule has 0 spiro atoms. The average Bonchev–Trinajstić information content (AvgIpc) is 2.48. The molecule has 1 aliphatic rings. The van der Waals surface area contributed by atoms with E-state index in [2.05, 4.69) is 43.1 Å². The number of nitrogens with zero attached hydrogens (tertiary/aromatic N) is 1. The van der Waals surface area contributed by atoms with Crippen LogP contribution in [-0.2, 0) is 6.54 Å². The van der Waals surface area contributed by atoms with Crippen LogP contribution in [0.4, 0.5) is 0 Å². The van der Waals surface area contributed by atoms with Crippen LogP contribution < -0.4 is 5.32 Å². The van der Waals surface area contributed by atoms with E-state index in [4.69, 9.17) is 11.6 Å². The van der Waals surface area contributed by atoms with Crippen molar-refractivity contribution < 1.29 is 0 Å². The molecule has 20 heavy (non-hydrogen) atoms. The highest BCUT2D eigenvalue weighted by molar-refractivity contribution is 6.30. The van der Waals surface area contributed by atoms with Gasteiger partial charge < -0.3 is 5.32 Å². The largest absolute Gasteiger partial charge is 0.311 e. The molecule has 1 aromatic rings. The van der Waals surface area contributed by atoms with Crippen molar-refractivity contribution in [3.8, 4) is 0 Å². The fraction of sp³-hybridized carbons (Fsp3) is 0.647. The van der Waals surface area contributed by atoms with E-state index >= 15 is 0 Å². The molecule has 3 unspecified atom stereocenters. The molecule has 1 N–H and O–H groups in total. The molecule has 1 aliphatic heterocycles. The van der Waals surface area contributed by atoms with Crippen molar-refractivity contribution in [1.82, 2.24) is 10.2 Å². The summed E-state index contributed by atoms with van der Waals surface area (Å²) < 4.78 is 0. The number of benzene rings is 1. The highest BCUT2D eigenvalue weighted by atomic mass is 35.5. The number of nitrogens with one attached hydrogen (secondary N) is 1. The molecule has 3 atom stereocenters. The normalized spacial score (nSPS) is 25.6. The molecule has 0 radical (unpaired) electrons. The molecule has 0 aromatic heterocycles. The van der Waals surface area contributed by atoms with Gasteiger partial charge in [0.15, 0.2) is 0 Å². The monoisotopic (exact) mass is 294 g/mol. The Morgan fingerprint density at radius 2 is 2.00 bits per heavy atom. The second kappa shape index (κ2) is 7.44. The maximum Gasteiger partial charge on any atom is 0.0406 e. The molecule has 0 amide bonds. The molecule has 1 saturated heterocycles. The lowest BCUT2D eigenvalue weighted by Crippen LogP contribution is -2.57. The molecule has 112 valence electrons. The van der Waals surface area contributed by atoms with Crippen LogP contribution in [0.25, 0.3) is 0 Å². The van der Waals surface area contributed by atoms with Crippen molar-refractivity contribution in [2.45, 2.75) is 52.2 Å². The Morgan fingerprint density at radius 1 is 1.30 bits per heavy atom. The first kappa shape index (κ1) is 15.8. The summed E-state index contributed by atoms with van der Waals surface area (Å²) in [6, 6.07) is 9.55. The molecule has 1 fully saturated rings. The van der Waals surface area contributed by atoms with Crippen molar-refractivity contribution in [3.05, 3.63) is 34.9 Å². The Balaban J connectivity index is 2.03. The van der Waals surface area contributed by atoms with E-state index in [1.807, 2.05) is 12.1 Å². The van der Waals surface area contributed by atoms with E-state index in [0.717, 1.165) is 30.6 Å². The predicted octanol–water partition coefficient (Wildman–Crippen LogP) is 3.94. The van der Waals surface area contributed by atoms with Gasteiger partial charge in [0.1, 0.15) is 0 Å². The van der Waals surface area contributed by atoms with Crippen molar-refractivity contribution in [2.75, 3.05) is 13.1 Å². The molecule has 1 aromatic carbocycles. The maximum atomic E-state index is 5.97. The van der Waals surface area contributed by atoms with Crippen LogP contribution >= 0.6 is 11.6 Å². The van der Waals surface area contributed by atoms with Gasteiger partial charge in [-0.15, -0.1) is 0 Å². The van der Waals surface area contributed by atoms with Crippen LogP contribution in [0.3, 0.4) is 0 Å². The van der Waals surface area contributed by atoms with Crippen LogP contribution in [0.1, 0.15) is 39.2 Å². The Labute approximate surface area is 128 Å². The summed E-state index contributed by atoms with van der Waals surface area (Å²) in [5.41, 5.74) is 1.36. The summed E-state index contributed by atoms with van der Waals surface area (Å²) >= 11 is 5.97. The summed E-state index contributed by atoms with van der Waals surface area (Å²) in [5.74, 6) is 0.737. The lowest BCUT2D eigenvalue weighted by molar-refractivity contribution is 0.0993. The Kier molecular flexibility index (Phi) is 5.88. The zero-order chi connectivity index (χ0) is 14.5. The first-order valence-electron chi connectivity index (χ1n) is 7.85. The van der Waals surface area contributed by atoms with Gasteiger partial charge in [-0.05, 0) is 30.0 Å². The third-order valence-corrected chi connectivity index (χ3v) is 4.92. The minimum atomic E-state index is 0.620. The van der Waals surface area contributed by atoms with E-state index in [1.165, 1.54) is 18.4 Å². The van der Waals surface area contributed by atoms with E-state index in [1.54, 1.807) is 0 Å². The molecule has 2 rings (SSSR count). The standard InChI is InChI=1S/C17H27ClN2/c1-4-13(3)17-12-20(16(5-2)10-19-17)11-14-6-8-15(18)9-7-14/h6-9,13,16-17,19H,4-5,10-12H2,1-3H3. The van der Waals surface area contributed by atoms with Gasteiger partial charge in [-0.1, -0.05) is 50.9 Å². The Hall–Kier alpha value is -0.570. The van der Waals surface area contributed by atoms with Gasteiger partial charge in [-0.3, -0.25) is 4.90 Å².